The zero-order valence-corrected chi connectivity index (χ0v) is 12.8. The molecule has 1 nitrogen and oxygen atoms in total. The largest absolute Gasteiger partial charge is 0.501 e. The second-order valence-electron chi connectivity index (χ2n) is 5.53. The smallest absolute Gasteiger partial charge is 0.0907 e. The van der Waals surface area contributed by atoms with Crippen LogP contribution in [0.5, 0.6) is 0 Å². The molecule has 0 spiro atoms. The molecule has 0 heterocycles. The van der Waals surface area contributed by atoms with Crippen molar-refractivity contribution in [1.82, 2.24) is 0 Å². The van der Waals surface area contributed by atoms with Crippen LogP contribution >= 0.6 is 0 Å². The second-order valence-corrected chi connectivity index (χ2v) is 5.53. The van der Waals surface area contributed by atoms with Crippen LogP contribution in [-0.2, 0) is 17.6 Å². The van der Waals surface area contributed by atoms with E-state index in [4.69, 9.17) is 4.74 Å². The van der Waals surface area contributed by atoms with E-state index in [9.17, 15) is 0 Å². The molecular weight excluding hydrogens is 244 g/mol. The first-order valence-electron chi connectivity index (χ1n) is 7.87. The molecule has 0 aromatic heterocycles. The Balaban J connectivity index is 1.91. The van der Waals surface area contributed by atoms with Crippen LogP contribution in [0.15, 0.2) is 36.6 Å². The molecule has 0 saturated heterocycles. The molecular formula is C19H26O. The molecule has 0 atom stereocenters. The quantitative estimate of drug-likeness (QED) is 0.387. The Morgan fingerprint density at radius 3 is 2.75 bits per heavy atom. The number of allylic oxidation sites excluding steroid dienone is 2. The second kappa shape index (κ2) is 7.94. The van der Waals surface area contributed by atoms with E-state index in [1.54, 1.807) is 5.56 Å². The van der Waals surface area contributed by atoms with E-state index in [0.717, 1.165) is 19.4 Å². The average molecular weight is 270 g/mol. The summed E-state index contributed by atoms with van der Waals surface area (Å²) in [7, 11) is 0. The SMILES string of the molecule is CC/C=C\CCOC=C(C)c1ccc2c(c1)CCCC2. The van der Waals surface area contributed by atoms with Gasteiger partial charge in [0.05, 0.1) is 12.9 Å². The van der Waals surface area contributed by atoms with Crippen molar-refractivity contribution < 1.29 is 4.74 Å². The molecule has 20 heavy (non-hydrogen) atoms. The topological polar surface area (TPSA) is 9.23 Å². The Morgan fingerprint density at radius 1 is 1.15 bits per heavy atom. The summed E-state index contributed by atoms with van der Waals surface area (Å²) in [4.78, 5) is 0. The number of hydrogen-bond donors (Lipinski definition) is 0. The Hall–Kier alpha value is -1.50. The number of benzene rings is 1. The first-order chi connectivity index (χ1) is 9.81. The van der Waals surface area contributed by atoms with E-state index < -0.39 is 0 Å². The number of ether oxygens (including phenoxy) is 1. The molecule has 0 amide bonds. The van der Waals surface area contributed by atoms with Gasteiger partial charge in [-0.05, 0) is 67.7 Å². The van der Waals surface area contributed by atoms with E-state index in [1.807, 2.05) is 6.26 Å². The highest BCUT2D eigenvalue weighted by Gasteiger charge is 2.09. The van der Waals surface area contributed by atoms with Crippen LogP contribution < -0.4 is 0 Å². The molecule has 2 rings (SSSR count). The molecule has 108 valence electrons. The molecule has 1 aliphatic rings. The first-order valence-corrected chi connectivity index (χ1v) is 7.87. The first kappa shape index (κ1) is 14.9. The van der Waals surface area contributed by atoms with E-state index in [2.05, 4.69) is 44.2 Å². The Labute approximate surface area is 123 Å². The van der Waals surface area contributed by atoms with E-state index >= 15 is 0 Å². The highest BCUT2D eigenvalue weighted by atomic mass is 16.5. The normalized spacial score (nSPS) is 15.4. The van der Waals surface area contributed by atoms with Crippen LogP contribution in [0.1, 0.15) is 56.2 Å². The maximum Gasteiger partial charge on any atom is 0.0907 e. The molecule has 0 bridgehead atoms. The summed E-state index contributed by atoms with van der Waals surface area (Å²) in [5, 5.41) is 0. The zero-order valence-electron chi connectivity index (χ0n) is 12.8. The van der Waals surface area contributed by atoms with Crippen molar-refractivity contribution in [3.8, 4) is 0 Å². The predicted octanol–water partition coefficient (Wildman–Crippen LogP) is 5.30. The standard InChI is InChI=1S/C19H26O/c1-3-4-5-8-13-20-15-16(2)18-12-11-17-9-6-7-10-19(17)14-18/h4-5,11-12,14-15H,3,6-10,13H2,1-2H3/b5-4-,16-15?. The maximum absolute atomic E-state index is 5.63. The van der Waals surface area contributed by atoms with Gasteiger partial charge in [0.15, 0.2) is 0 Å². The van der Waals surface area contributed by atoms with Crippen LogP contribution in [0.2, 0.25) is 0 Å². The molecule has 0 fully saturated rings. The van der Waals surface area contributed by atoms with Crippen LogP contribution in [0.4, 0.5) is 0 Å². The van der Waals surface area contributed by atoms with Crippen molar-refractivity contribution >= 4 is 5.57 Å². The number of fused-ring (bicyclic) bond motifs is 1. The van der Waals surface area contributed by atoms with Gasteiger partial charge in [0.25, 0.3) is 0 Å². The van der Waals surface area contributed by atoms with Crippen LogP contribution in [0.25, 0.3) is 5.57 Å². The molecule has 0 aliphatic heterocycles. The number of hydrogen-bond acceptors (Lipinski definition) is 1. The fourth-order valence-electron chi connectivity index (χ4n) is 2.65. The molecule has 0 radical (unpaired) electrons. The number of aryl methyl sites for hydroxylation is 2. The summed E-state index contributed by atoms with van der Waals surface area (Å²) in [5.41, 5.74) is 5.60. The van der Waals surface area contributed by atoms with Gasteiger partial charge in [-0.3, -0.25) is 0 Å². The third kappa shape index (κ3) is 4.26. The van der Waals surface area contributed by atoms with Crippen molar-refractivity contribution in [2.24, 2.45) is 0 Å². The van der Waals surface area contributed by atoms with Gasteiger partial charge in [0.2, 0.25) is 0 Å². The molecule has 0 N–H and O–H groups in total. The van der Waals surface area contributed by atoms with Gasteiger partial charge in [0.1, 0.15) is 0 Å². The highest BCUT2D eigenvalue weighted by molar-refractivity contribution is 5.64. The van der Waals surface area contributed by atoms with Crippen molar-refractivity contribution in [3.05, 3.63) is 53.3 Å². The third-order valence-electron chi connectivity index (χ3n) is 3.87. The molecule has 1 heteroatoms. The summed E-state index contributed by atoms with van der Waals surface area (Å²) < 4.78 is 5.63. The highest BCUT2D eigenvalue weighted by Crippen LogP contribution is 2.25. The van der Waals surface area contributed by atoms with Crippen LogP contribution in [-0.4, -0.2) is 6.61 Å². The number of rotatable bonds is 6. The Kier molecular flexibility index (Phi) is 5.91. The summed E-state index contributed by atoms with van der Waals surface area (Å²) >= 11 is 0. The monoisotopic (exact) mass is 270 g/mol. The lowest BCUT2D eigenvalue weighted by Gasteiger charge is -2.16. The van der Waals surface area contributed by atoms with E-state index in [1.165, 1.54) is 42.4 Å². The lowest BCUT2D eigenvalue weighted by Crippen LogP contribution is -2.02. The van der Waals surface area contributed by atoms with Crippen LogP contribution in [0.3, 0.4) is 0 Å². The van der Waals surface area contributed by atoms with Crippen molar-refractivity contribution in [2.75, 3.05) is 6.61 Å². The zero-order chi connectivity index (χ0) is 14.2. The third-order valence-corrected chi connectivity index (χ3v) is 3.87. The van der Waals surface area contributed by atoms with Crippen molar-refractivity contribution in [2.45, 2.75) is 52.4 Å². The van der Waals surface area contributed by atoms with Crippen molar-refractivity contribution in [1.29, 1.82) is 0 Å². The molecule has 0 unspecified atom stereocenters. The predicted molar refractivity (Wildman–Crippen MR) is 86.7 cm³/mol. The van der Waals surface area contributed by atoms with Gasteiger partial charge in [-0.2, -0.15) is 0 Å². The minimum absolute atomic E-state index is 0.763. The fraction of sp³-hybridized carbons (Fsp3) is 0.474. The minimum Gasteiger partial charge on any atom is -0.501 e. The Morgan fingerprint density at radius 2 is 1.95 bits per heavy atom. The van der Waals surface area contributed by atoms with Gasteiger partial charge >= 0.3 is 0 Å². The van der Waals surface area contributed by atoms with E-state index in [0.29, 0.717) is 0 Å². The van der Waals surface area contributed by atoms with Gasteiger partial charge in [-0.1, -0.05) is 37.3 Å². The summed E-state index contributed by atoms with van der Waals surface area (Å²) in [5.74, 6) is 0. The summed E-state index contributed by atoms with van der Waals surface area (Å²) in [6.07, 6.45) is 13.5. The van der Waals surface area contributed by atoms with Crippen molar-refractivity contribution in [3.63, 3.8) is 0 Å². The fourth-order valence-corrected chi connectivity index (χ4v) is 2.65. The summed E-state index contributed by atoms with van der Waals surface area (Å²) in [6.45, 7) is 5.04. The lowest BCUT2D eigenvalue weighted by atomic mass is 9.89. The van der Waals surface area contributed by atoms with Gasteiger partial charge < -0.3 is 4.74 Å². The van der Waals surface area contributed by atoms with Gasteiger partial charge in [0, 0.05) is 0 Å². The Bertz CT molecular complexity index is 483. The molecule has 1 aromatic rings. The van der Waals surface area contributed by atoms with E-state index in [-0.39, 0.29) is 0 Å². The maximum atomic E-state index is 5.63. The lowest BCUT2D eigenvalue weighted by molar-refractivity contribution is 0.257. The minimum atomic E-state index is 0.763. The molecule has 1 aliphatic carbocycles. The molecule has 0 saturated carbocycles. The summed E-state index contributed by atoms with van der Waals surface area (Å²) in [6, 6.07) is 6.88. The molecule has 1 aromatic carbocycles. The van der Waals surface area contributed by atoms with Gasteiger partial charge in [-0.25, -0.2) is 0 Å². The van der Waals surface area contributed by atoms with Gasteiger partial charge in [-0.15, -0.1) is 0 Å². The van der Waals surface area contributed by atoms with Crippen LogP contribution in [0, 0.1) is 0 Å². The average Bonchev–Trinajstić information content (AvgIpc) is 2.50.